The van der Waals surface area contributed by atoms with Gasteiger partial charge in [-0.25, -0.2) is 4.98 Å². The number of anilines is 1. The first-order valence-corrected chi connectivity index (χ1v) is 9.74. The topological polar surface area (TPSA) is 64.9 Å². The molecule has 142 valence electrons. The maximum atomic E-state index is 13.0. The van der Waals surface area contributed by atoms with E-state index < -0.39 is 0 Å². The zero-order valence-electron chi connectivity index (χ0n) is 15.6. The summed E-state index contributed by atoms with van der Waals surface area (Å²) in [5.41, 5.74) is 2.66. The maximum Gasteiger partial charge on any atom is 0.274 e. The standard InChI is InChI=1S/C20H22BrN3O3/c1-4-15-19(24-12-13(21)7-10-18(24)23-15)20(25)22-14-8-9-16(26-5-2)17(11-14)27-6-3/h7-12H,4-6H2,1-3H3,(H,22,25). The van der Waals surface area contributed by atoms with E-state index in [0.717, 1.165) is 15.8 Å². The van der Waals surface area contributed by atoms with Gasteiger partial charge in [0.1, 0.15) is 11.3 Å². The SMILES string of the molecule is CCOc1ccc(NC(=O)c2c(CC)nc3ccc(Br)cn23)cc1OCC. The predicted molar refractivity (Wildman–Crippen MR) is 109 cm³/mol. The number of aryl methyl sites for hydroxylation is 1. The maximum absolute atomic E-state index is 13.0. The third kappa shape index (κ3) is 4.08. The van der Waals surface area contributed by atoms with Gasteiger partial charge < -0.3 is 14.8 Å². The van der Waals surface area contributed by atoms with E-state index in [0.29, 0.717) is 42.5 Å². The van der Waals surface area contributed by atoms with Crippen molar-refractivity contribution in [2.45, 2.75) is 27.2 Å². The van der Waals surface area contributed by atoms with Gasteiger partial charge in [0.25, 0.3) is 5.91 Å². The highest BCUT2D eigenvalue weighted by molar-refractivity contribution is 9.10. The van der Waals surface area contributed by atoms with Crippen LogP contribution in [0, 0.1) is 0 Å². The first-order valence-electron chi connectivity index (χ1n) is 8.94. The highest BCUT2D eigenvalue weighted by atomic mass is 79.9. The second kappa shape index (κ2) is 8.43. The van der Waals surface area contributed by atoms with Crippen molar-refractivity contribution in [1.82, 2.24) is 9.38 Å². The number of carbonyl (C=O) groups is 1. The molecule has 7 heteroatoms. The third-order valence-corrected chi connectivity index (χ3v) is 4.47. The number of aromatic nitrogens is 2. The number of benzene rings is 1. The predicted octanol–water partition coefficient (Wildman–Crippen LogP) is 4.71. The highest BCUT2D eigenvalue weighted by Gasteiger charge is 2.19. The summed E-state index contributed by atoms with van der Waals surface area (Å²) < 4.78 is 13.9. The fourth-order valence-electron chi connectivity index (χ4n) is 2.87. The Bertz CT molecular complexity index is 969. The molecule has 1 N–H and O–H groups in total. The van der Waals surface area contributed by atoms with Crippen LogP contribution < -0.4 is 14.8 Å². The number of amides is 1. The van der Waals surface area contributed by atoms with Crippen LogP contribution in [0.2, 0.25) is 0 Å². The van der Waals surface area contributed by atoms with Gasteiger partial charge in [-0.15, -0.1) is 0 Å². The van der Waals surface area contributed by atoms with Gasteiger partial charge in [0.05, 0.1) is 18.9 Å². The minimum absolute atomic E-state index is 0.218. The van der Waals surface area contributed by atoms with Crippen LogP contribution in [0.3, 0.4) is 0 Å². The normalized spacial score (nSPS) is 10.8. The molecule has 0 bridgehead atoms. The van der Waals surface area contributed by atoms with Crippen molar-refractivity contribution in [2.75, 3.05) is 18.5 Å². The van der Waals surface area contributed by atoms with Crippen LogP contribution in [0.25, 0.3) is 5.65 Å². The fraction of sp³-hybridized carbons (Fsp3) is 0.300. The molecule has 0 radical (unpaired) electrons. The molecule has 2 aromatic heterocycles. The molecule has 27 heavy (non-hydrogen) atoms. The smallest absolute Gasteiger partial charge is 0.274 e. The van der Waals surface area contributed by atoms with E-state index in [1.54, 1.807) is 22.6 Å². The number of rotatable bonds is 7. The first kappa shape index (κ1) is 19.2. The van der Waals surface area contributed by atoms with E-state index in [9.17, 15) is 4.79 Å². The number of ether oxygens (including phenoxy) is 2. The lowest BCUT2D eigenvalue weighted by Crippen LogP contribution is -2.16. The lowest BCUT2D eigenvalue weighted by Gasteiger charge is -2.13. The molecule has 0 spiro atoms. The summed E-state index contributed by atoms with van der Waals surface area (Å²) in [6, 6.07) is 9.16. The van der Waals surface area contributed by atoms with Gasteiger partial charge in [0, 0.05) is 22.4 Å². The molecular weight excluding hydrogens is 410 g/mol. The number of fused-ring (bicyclic) bond motifs is 1. The number of hydrogen-bond donors (Lipinski definition) is 1. The van der Waals surface area contributed by atoms with Crippen LogP contribution in [-0.4, -0.2) is 28.5 Å². The molecule has 1 amide bonds. The second-order valence-electron chi connectivity index (χ2n) is 5.82. The van der Waals surface area contributed by atoms with Crippen molar-refractivity contribution in [3.8, 4) is 11.5 Å². The Morgan fingerprint density at radius 1 is 1.11 bits per heavy atom. The molecule has 3 aromatic rings. The van der Waals surface area contributed by atoms with E-state index in [1.165, 1.54) is 0 Å². The van der Waals surface area contributed by atoms with E-state index >= 15 is 0 Å². The molecule has 0 fully saturated rings. The molecule has 0 aliphatic rings. The van der Waals surface area contributed by atoms with Crippen molar-refractivity contribution in [2.24, 2.45) is 0 Å². The van der Waals surface area contributed by atoms with Crippen LogP contribution in [0.4, 0.5) is 5.69 Å². The zero-order valence-corrected chi connectivity index (χ0v) is 17.2. The number of imidazole rings is 1. The van der Waals surface area contributed by atoms with Gasteiger partial charge in [-0.2, -0.15) is 0 Å². The largest absolute Gasteiger partial charge is 0.490 e. The van der Waals surface area contributed by atoms with Crippen LogP contribution in [0.5, 0.6) is 11.5 Å². The molecule has 0 aliphatic heterocycles. The van der Waals surface area contributed by atoms with E-state index in [2.05, 4.69) is 26.2 Å². The Labute approximate surface area is 166 Å². The Hall–Kier alpha value is -2.54. The fourth-order valence-corrected chi connectivity index (χ4v) is 3.21. The molecule has 3 rings (SSSR count). The monoisotopic (exact) mass is 431 g/mol. The van der Waals surface area contributed by atoms with Gasteiger partial charge in [0.2, 0.25) is 0 Å². The minimum atomic E-state index is -0.218. The van der Waals surface area contributed by atoms with Crippen LogP contribution >= 0.6 is 15.9 Å². The molecule has 0 unspecified atom stereocenters. The number of nitrogens with one attached hydrogen (secondary N) is 1. The second-order valence-corrected chi connectivity index (χ2v) is 6.73. The Morgan fingerprint density at radius 3 is 2.56 bits per heavy atom. The zero-order chi connectivity index (χ0) is 19.4. The van der Waals surface area contributed by atoms with E-state index in [4.69, 9.17) is 9.47 Å². The minimum Gasteiger partial charge on any atom is -0.490 e. The van der Waals surface area contributed by atoms with Crippen molar-refractivity contribution < 1.29 is 14.3 Å². The molecule has 1 aromatic carbocycles. The number of halogens is 1. The van der Waals surface area contributed by atoms with Crippen LogP contribution in [0.1, 0.15) is 37.0 Å². The van der Waals surface area contributed by atoms with Gasteiger partial charge in [-0.05, 0) is 60.5 Å². The number of hydrogen-bond acceptors (Lipinski definition) is 4. The lowest BCUT2D eigenvalue weighted by atomic mass is 10.2. The summed E-state index contributed by atoms with van der Waals surface area (Å²) in [4.78, 5) is 17.6. The number of carbonyl (C=O) groups excluding carboxylic acids is 1. The summed E-state index contributed by atoms with van der Waals surface area (Å²) in [7, 11) is 0. The molecular formula is C20H22BrN3O3. The average Bonchev–Trinajstić information content (AvgIpc) is 3.02. The van der Waals surface area contributed by atoms with Gasteiger partial charge >= 0.3 is 0 Å². The Balaban J connectivity index is 1.95. The first-order chi connectivity index (χ1) is 13.1. The molecule has 0 saturated carbocycles. The van der Waals surface area contributed by atoms with Gasteiger partial charge in [-0.3, -0.25) is 9.20 Å². The summed E-state index contributed by atoms with van der Waals surface area (Å²) in [6.45, 7) is 6.87. The third-order valence-electron chi connectivity index (χ3n) is 4.01. The summed E-state index contributed by atoms with van der Waals surface area (Å²) in [5.74, 6) is 1.04. The highest BCUT2D eigenvalue weighted by Crippen LogP contribution is 2.31. The Morgan fingerprint density at radius 2 is 1.85 bits per heavy atom. The van der Waals surface area contributed by atoms with E-state index in [-0.39, 0.29) is 5.91 Å². The van der Waals surface area contributed by atoms with Crippen molar-refractivity contribution in [3.63, 3.8) is 0 Å². The van der Waals surface area contributed by atoms with Gasteiger partial charge in [-0.1, -0.05) is 6.92 Å². The molecule has 0 saturated heterocycles. The quantitative estimate of drug-likeness (QED) is 0.588. The molecule has 6 nitrogen and oxygen atoms in total. The van der Waals surface area contributed by atoms with Crippen molar-refractivity contribution >= 4 is 33.2 Å². The van der Waals surface area contributed by atoms with Gasteiger partial charge in [0.15, 0.2) is 11.5 Å². The lowest BCUT2D eigenvalue weighted by molar-refractivity contribution is 0.102. The molecule has 0 atom stereocenters. The number of pyridine rings is 1. The molecule has 0 aliphatic carbocycles. The van der Waals surface area contributed by atoms with Crippen molar-refractivity contribution in [3.05, 3.63) is 52.4 Å². The summed E-state index contributed by atoms with van der Waals surface area (Å²) in [6.07, 6.45) is 2.51. The Kier molecular flexibility index (Phi) is 6.01. The van der Waals surface area contributed by atoms with Crippen LogP contribution in [0.15, 0.2) is 41.0 Å². The average molecular weight is 432 g/mol. The summed E-state index contributed by atoms with van der Waals surface area (Å²) in [5, 5.41) is 2.95. The number of nitrogens with zero attached hydrogens (tertiary/aromatic N) is 2. The summed E-state index contributed by atoms with van der Waals surface area (Å²) >= 11 is 3.45. The molecule has 2 heterocycles. The van der Waals surface area contributed by atoms with Crippen molar-refractivity contribution in [1.29, 1.82) is 0 Å². The van der Waals surface area contributed by atoms with E-state index in [1.807, 2.05) is 39.1 Å². The van der Waals surface area contributed by atoms with Crippen LogP contribution in [-0.2, 0) is 6.42 Å².